The van der Waals surface area contributed by atoms with Crippen LogP contribution in [0.5, 0.6) is 0 Å². The highest BCUT2D eigenvalue weighted by Crippen LogP contribution is 2.35. The first-order valence-corrected chi connectivity index (χ1v) is 11.9. The van der Waals surface area contributed by atoms with Crippen LogP contribution in [0.25, 0.3) is 22.5 Å². The molecule has 1 atom stereocenters. The predicted octanol–water partition coefficient (Wildman–Crippen LogP) is 4.83. The van der Waals surface area contributed by atoms with Crippen molar-refractivity contribution >= 4 is 35.0 Å². The number of pyridine rings is 1. The van der Waals surface area contributed by atoms with Gasteiger partial charge in [-0.3, -0.25) is 19.7 Å². The van der Waals surface area contributed by atoms with Crippen LogP contribution in [0.3, 0.4) is 0 Å². The number of benzene rings is 1. The summed E-state index contributed by atoms with van der Waals surface area (Å²) in [5.74, 6) is 0.879. The fraction of sp³-hybridized carbons (Fsp3) is 0.360. The van der Waals surface area contributed by atoms with Gasteiger partial charge < -0.3 is 9.64 Å². The van der Waals surface area contributed by atoms with E-state index in [1.807, 2.05) is 30.3 Å². The molecule has 0 bridgehead atoms. The average Bonchev–Trinajstić information content (AvgIpc) is 2.84. The number of esters is 1. The maximum absolute atomic E-state index is 12.6. The van der Waals surface area contributed by atoms with E-state index < -0.39 is 0 Å². The Hall–Kier alpha value is -2.74. The molecule has 0 N–H and O–H groups in total. The Kier molecular flexibility index (Phi) is 7.66. The second-order valence-corrected chi connectivity index (χ2v) is 9.51. The van der Waals surface area contributed by atoms with Crippen molar-refractivity contribution in [2.75, 3.05) is 38.2 Å². The predicted molar refractivity (Wildman–Crippen MR) is 135 cm³/mol. The van der Waals surface area contributed by atoms with Crippen LogP contribution in [0.1, 0.15) is 13.8 Å². The Morgan fingerprint density at radius 2 is 1.88 bits per heavy atom. The van der Waals surface area contributed by atoms with E-state index in [-0.39, 0.29) is 12.0 Å². The van der Waals surface area contributed by atoms with Gasteiger partial charge in [0.05, 0.1) is 24.0 Å². The highest BCUT2D eigenvalue weighted by molar-refractivity contribution is 6.33. The first-order chi connectivity index (χ1) is 16.4. The minimum Gasteiger partial charge on any atom is -0.468 e. The van der Waals surface area contributed by atoms with Crippen molar-refractivity contribution in [3.63, 3.8) is 0 Å². The number of piperazine rings is 1. The van der Waals surface area contributed by atoms with Gasteiger partial charge in [0, 0.05) is 54.7 Å². The lowest BCUT2D eigenvalue weighted by atomic mass is 10.0. The lowest BCUT2D eigenvalue weighted by Gasteiger charge is -2.41. The quantitative estimate of drug-likeness (QED) is 0.449. The summed E-state index contributed by atoms with van der Waals surface area (Å²) in [5, 5.41) is 1.13. The summed E-state index contributed by atoms with van der Waals surface area (Å²) in [6.07, 6.45) is 5.02. The smallest absolute Gasteiger partial charge is 0.324 e. The van der Waals surface area contributed by atoms with Gasteiger partial charge in [-0.15, -0.1) is 0 Å². The molecular weight excluding hydrogens is 473 g/mol. The van der Waals surface area contributed by atoms with Crippen molar-refractivity contribution in [1.82, 2.24) is 19.9 Å². The van der Waals surface area contributed by atoms with Gasteiger partial charge in [-0.05, 0) is 24.1 Å². The molecule has 0 spiro atoms. The number of halogens is 2. The summed E-state index contributed by atoms with van der Waals surface area (Å²) in [6.45, 7) is 7.03. The van der Waals surface area contributed by atoms with Crippen molar-refractivity contribution in [3.05, 3.63) is 59.0 Å². The van der Waals surface area contributed by atoms with Gasteiger partial charge in [0.25, 0.3) is 0 Å². The van der Waals surface area contributed by atoms with Crippen LogP contribution in [-0.2, 0) is 9.53 Å². The molecule has 178 valence electrons. The molecule has 1 unspecified atom stereocenters. The third-order valence-corrected chi connectivity index (χ3v) is 6.35. The van der Waals surface area contributed by atoms with Crippen molar-refractivity contribution < 1.29 is 9.53 Å². The third-order valence-electron chi connectivity index (χ3n) is 5.79. The molecule has 9 heteroatoms. The van der Waals surface area contributed by atoms with E-state index in [4.69, 9.17) is 37.9 Å². The number of hydrogen-bond donors (Lipinski definition) is 0. The third kappa shape index (κ3) is 5.32. The number of rotatable bonds is 6. The zero-order valence-electron chi connectivity index (χ0n) is 19.4. The molecule has 3 aromatic rings. The zero-order chi connectivity index (χ0) is 24.2. The lowest BCUT2D eigenvalue weighted by Crippen LogP contribution is -2.57. The molecule has 0 aliphatic carbocycles. The second-order valence-electron chi connectivity index (χ2n) is 8.66. The van der Waals surface area contributed by atoms with Gasteiger partial charge >= 0.3 is 5.97 Å². The molecule has 7 nitrogen and oxygen atoms in total. The number of nitrogens with zero attached hydrogens (tertiary/aromatic N) is 5. The summed E-state index contributed by atoms with van der Waals surface area (Å²) in [5.41, 5.74) is 2.95. The van der Waals surface area contributed by atoms with E-state index in [2.05, 4.69) is 28.6 Å². The Bertz CT molecular complexity index is 1160. The van der Waals surface area contributed by atoms with E-state index in [0.717, 1.165) is 30.8 Å². The van der Waals surface area contributed by atoms with E-state index in [1.54, 1.807) is 18.6 Å². The summed E-state index contributed by atoms with van der Waals surface area (Å²) < 4.78 is 5.10. The topological polar surface area (TPSA) is 71.5 Å². The van der Waals surface area contributed by atoms with Gasteiger partial charge in [-0.25, -0.2) is 4.98 Å². The minimum absolute atomic E-state index is 0.242. The largest absolute Gasteiger partial charge is 0.468 e. The number of carbonyl (C=O) groups is 1. The maximum Gasteiger partial charge on any atom is 0.324 e. The van der Waals surface area contributed by atoms with Crippen LogP contribution in [0.4, 0.5) is 5.82 Å². The van der Waals surface area contributed by atoms with E-state index >= 15 is 0 Å². The average molecular weight is 500 g/mol. The highest BCUT2D eigenvalue weighted by atomic mass is 35.5. The number of carbonyl (C=O) groups excluding carboxylic acids is 1. The Morgan fingerprint density at radius 3 is 2.56 bits per heavy atom. The summed E-state index contributed by atoms with van der Waals surface area (Å²) in [7, 11) is 1.43. The monoisotopic (exact) mass is 499 g/mol. The Balaban J connectivity index is 1.73. The summed E-state index contributed by atoms with van der Waals surface area (Å²) >= 11 is 12.6. The van der Waals surface area contributed by atoms with Crippen molar-refractivity contribution in [3.8, 4) is 22.5 Å². The van der Waals surface area contributed by atoms with Crippen molar-refractivity contribution in [1.29, 1.82) is 0 Å². The Labute approximate surface area is 209 Å². The highest BCUT2D eigenvalue weighted by Gasteiger charge is 2.34. The molecule has 0 saturated carbocycles. The molecule has 1 aliphatic rings. The van der Waals surface area contributed by atoms with Crippen LogP contribution < -0.4 is 4.90 Å². The number of hydrogen-bond acceptors (Lipinski definition) is 7. The summed E-state index contributed by atoms with van der Waals surface area (Å²) in [4.78, 5) is 30.7. The zero-order valence-corrected chi connectivity index (χ0v) is 20.9. The molecule has 0 amide bonds. The van der Waals surface area contributed by atoms with Gasteiger partial charge in [0.1, 0.15) is 17.6 Å². The van der Waals surface area contributed by atoms with E-state index in [1.165, 1.54) is 7.11 Å². The molecule has 2 aromatic heterocycles. The van der Waals surface area contributed by atoms with Crippen LogP contribution in [0.2, 0.25) is 10.0 Å². The fourth-order valence-electron chi connectivity index (χ4n) is 4.18. The fourth-order valence-corrected chi connectivity index (χ4v) is 4.52. The van der Waals surface area contributed by atoms with Gasteiger partial charge in [-0.1, -0.05) is 49.2 Å². The van der Waals surface area contributed by atoms with Crippen LogP contribution >= 0.6 is 23.2 Å². The molecule has 1 aromatic carbocycles. The molecule has 1 aliphatic heterocycles. The maximum atomic E-state index is 12.6. The number of anilines is 1. The molecule has 4 rings (SSSR count). The molecule has 0 radical (unpaired) electrons. The molecule has 34 heavy (non-hydrogen) atoms. The van der Waals surface area contributed by atoms with Crippen LogP contribution in [0, 0.1) is 5.92 Å². The van der Waals surface area contributed by atoms with Gasteiger partial charge in [0.15, 0.2) is 0 Å². The Morgan fingerprint density at radius 1 is 1.12 bits per heavy atom. The minimum atomic E-state index is -0.369. The normalized spacial score (nSPS) is 16.6. The molecular formula is C25H27Cl2N5O2. The van der Waals surface area contributed by atoms with E-state index in [0.29, 0.717) is 39.7 Å². The molecule has 1 fully saturated rings. The van der Waals surface area contributed by atoms with Crippen molar-refractivity contribution in [2.24, 2.45) is 5.92 Å². The molecule has 3 heterocycles. The van der Waals surface area contributed by atoms with E-state index in [9.17, 15) is 4.79 Å². The second kappa shape index (κ2) is 10.7. The van der Waals surface area contributed by atoms with Crippen LogP contribution in [-0.4, -0.2) is 65.2 Å². The number of methoxy groups -OCH3 is 1. The number of ether oxygens (including phenoxy) is 1. The summed E-state index contributed by atoms with van der Waals surface area (Å²) in [6, 6.07) is 8.91. The lowest BCUT2D eigenvalue weighted by molar-refractivity contribution is -0.147. The standard InChI is InChI=1S/C25H27Cl2N5O2/c1-16(2)14-31-10-11-32(15-21(31)25(33)34-3)22-13-29-23(17-4-6-18(26)7-5-17)24(30-22)19-8-9-28-12-20(19)27/h4-9,12-13,16,21H,10-11,14-15H2,1-3H3. The first kappa shape index (κ1) is 24.4. The first-order valence-electron chi connectivity index (χ1n) is 11.2. The number of aromatic nitrogens is 3. The van der Waals surface area contributed by atoms with Gasteiger partial charge in [0.2, 0.25) is 0 Å². The van der Waals surface area contributed by atoms with Crippen LogP contribution in [0.15, 0.2) is 48.9 Å². The SMILES string of the molecule is COC(=O)C1CN(c2cnc(-c3ccc(Cl)cc3)c(-c3ccncc3Cl)n2)CCN1CC(C)C. The molecule has 1 saturated heterocycles. The van der Waals surface area contributed by atoms with Crippen molar-refractivity contribution in [2.45, 2.75) is 19.9 Å². The van der Waals surface area contributed by atoms with Gasteiger partial charge in [-0.2, -0.15) is 0 Å².